The lowest BCUT2D eigenvalue weighted by Crippen LogP contribution is -2.24. The molecule has 1 fully saturated rings. The first-order chi connectivity index (χ1) is 7.65. The quantitative estimate of drug-likeness (QED) is 0.831. The summed E-state index contributed by atoms with van der Waals surface area (Å²) in [5, 5.41) is 4.03. The van der Waals surface area contributed by atoms with E-state index in [1.807, 2.05) is 0 Å². The Bertz CT molecular complexity index is 331. The summed E-state index contributed by atoms with van der Waals surface area (Å²) in [5.74, 6) is 2.75. The number of nitrogens with two attached hydrogens (primary N) is 1. The van der Waals surface area contributed by atoms with E-state index in [1.54, 1.807) is 0 Å². The average molecular weight is 223 g/mol. The SMILES string of the molecule is CC(C)CC(N)Cc1nc(C2CCC2)no1. The Kier molecular flexibility index (Phi) is 3.59. The van der Waals surface area contributed by atoms with E-state index in [1.165, 1.54) is 19.3 Å². The van der Waals surface area contributed by atoms with Gasteiger partial charge in [-0.05, 0) is 25.2 Å². The van der Waals surface area contributed by atoms with E-state index in [2.05, 4.69) is 24.0 Å². The molecule has 1 heterocycles. The third-order valence-corrected chi connectivity index (χ3v) is 3.17. The molecular formula is C12H21N3O. The van der Waals surface area contributed by atoms with Gasteiger partial charge >= 0.3 is 0 Å². The molecule has 1 aliphatic carbocycles. The molecule has 1 saturated carbocycles. The van der Waals surface area contributed by atoms with E-state index >= 15 is 0 Å². The van der Waals surface area contributed by atoms with Crippen LogP contribution in [0.3, 0.4) is 0 Å². The van der Waals surface area contributed by atoms with Gasteiger partial charge in [-0.15, -0.1) is 0 Å². The second kappa shape index (κ2) is 4.95. The summed E-state index contributed by atoms with van der Waals surface area (Å²) in [6.45, 7) is 4.35. The fourth-order valence-corrected chi connectivity index (χ4v) is 2.10. The molecule has 0 spiro atoms. The van der Waals surface area contributed by atoms with Gasteiger partial charge in [0, 0.05) is 18.4 Å². The van der Waals surface area contributed by atoms with Gasteiger partial charge in [-0.2, -0.15) is 4.98 Å². The number of hydrogen-bond donors (Lipinski definition) is 1. The van der Waals surface area contributed by atoms with E-state index in [0.29, 0.717) is 24.1 Å². The molecule has 0 amide bonds. The minimum absolute atomic E-state index is 0.134. The summed E-state index contributed by atoms with van der Waals surface area (Å²) in [6, 6.07) is 0.134. The zero-order valence-electron chi connectivity index (χ0n) is 10.1. The summed E-state index contributed by atoms with van der Waals surface area (Å²) in [7, 11) is 0. The predicted octanol–water partition coefficient (Wildman–Crippen LogP) is 2.25. The van der Waals surface area contributed by atoms with Gasteiger partial charge in [-0.3, -0.25) is 0 Å². The maximum Gasteiger partial charge on any atom is 0.228 e. The van der Waals surface area contributed by atoms with Gasteiger partial charge in [0.05, 0.1) is 0 Å². The molecule has 0 aliphatic heterocycles. The van der Waals surface area contributed by atoms with E-state index in [4.69, 9.17) is 10.3 Å². The highest BCUT2D eigenvalue weighted by Gasteiger charge is 2.24. The smallest absolute Gasteiger partial charge is 0.228 e. The van der Waals surface area contributed by atoms with Crippen LogP contribution in [0, 0.1) is 5.92 Å². The molecular weight excluding hydrogens is 202 g/mol. The average Bonchev–Trinajstić information content (AvgIpc) is 2.47. The minimum atomic E-state index is 0.134. The fraction of sp³-hybridized carbons (Fsp3) is 0.833. The molecule has 4 nitrogen and oxygen atoms in total. The van der Waals surface area contributed by atoms with Crippen molar-refractivity contribution in [1.82, 2.24) is 10.1 Å². The van der Waals surface area contributed by atoms with Crippen LogP contribution in [0.5, 0.6) is 0 Å². The van der Waals surface area contributed by atoms with Crippen LogP contribution in [0.1, 0.15) is 57.2 Å². The Morgan fingerprint density at radius 1 is 1.44 bits per heavy atom. The van der Waals surface area contributed by atoms with Crippen LogP contribution in [0.15, 0.2) is 4.52 Å². The van der Waals surface area contributed by atoms with Crippen molar-refractivity contribution in [2.45, 2.75) is 57.9 Å². The summed E-state index contributed by atoms with van der Waals surface area (Å²) in [6.07, 6.45) is 5.41. The topological polar surface area (TPSA) is 64.9 Å². The molecule has 16 heavy (non-hydrogen) atoms. The number of rotatable bonds is 5. The lowest BCUT2D eigenvalue weighted by molar-refractivity contribution is 0.338. The molecule has 1 aromatic heterocycles. The normalized spacial score (nSPS) is 18.8. The van der Waals surface area contributed by atoms with Gasteiger partial charge in [0.2, 0.25) is 5.89 Å². The number of nitrogens with zero attached hydrogens (tertiary/aromatic N) is 2. The van der Waals surface area contributed by atoms with Crippen molar-refractivity contribution < 1.29 is 4.52 Å². The van der Waals surface area contributed by atoms with Gasteiger partial charge in [0.15, 0.2) is 5.82 Å². The second-order valence-corrected chi connectivity index (χ2v) is 5.27. The summed E-state index contributed by atoms with van der Waals surface area (Å²) in [5.41, 5.74) is 6.01. The maximum absolute atomic E-state index is 6.01. The molecule has 0 bridgehead atoms. The molecule has 0 radical (unpaired) electrons. The third kappa shape index (κ3) is 2.82. The molecule has 4 heteroatoms. The zero-order valence-corrected chi connectivity index (χ0v) is 10.1. The molecule has 0 aromatic carbocycles. The predicted molar refractivity (Wildman–Crippen MR) is 62.0 cm³/mol. The number of hydrogen-bond acceptors (Lipinski definition) is 4. The van der Waals surface area contributed by atoms with E-state index in [0.717, 1.165) is 12.2 Å². The van der Waals surface area contributed by atoms with Crippen LogP contribution >= 0.6 is 0 Å². The minimum Gasteiger partial charge on any atom is -0.339 e. The summed E-state index contributed by atoms with van der Waals surface area (Å²) < 4.78 is 5.23. The fourth-order valence-electron chi connectivity index (χ4n) is 2.10. The molecule has 90 valence electrons. The molecule has 1 aromatic rings. The van der Waals surface area contributed by atoms with Crippen molar-refractivity contribution in [2.75, 3.05) is 0 Å². The summed E-state index contributed by atoms with van der Waals surface area (Å²) >= 11 is 0. The first-order valence-electron chi connectivity index (χ1n) is 6.23. The van der Waals surface area contributed by atoms with Gasteiger partial charge < -0.3 is 10.3 Å². The monoisotopic (exact) mass is 223 g/mol. The standard InChI is InChI=1S/C12H21N3O/c1-8(2)6-10(13)7-11-14-12(15-16-11)9-4-3-5-9/h8-10H,3-7,13H2,1-2H3. The van der Waals surface area contributed by atoms with Crippen molar-refractivity contribution >= 4 is 0 Å². The molecule has 2 rings (SSSR count). The van der Waals surface area contributed by atoms with Crippen molar-refractivity contribution in [3.05, 3.63) is 11.7 Å². The van der Waals surface area contributed by atoms with Gasteiger partial charge in [-0.25, -0.2) is 0 Å². The van der Waals surface area contributed by atoms with Crippen LogP contribution in [-0.2, 0) is 6.42 Å². The highest BCUT2D eigenvalue weighted by atomic mass is 16.5. The highest BCUT2D eigenvalue weighted by Crippen LogP contribution is 2.34. The zero-order chi connectivity index (χ0) is 11.5. The Morgan fingerprint density at radius 3 is 2.75 bits per heavy atom. The van der Waals surface area contributed by atoms with Crippen molar-refractivity contribution in [1.29, 1.82) is 0 Å². The lowest BCUT2D eigenvalue weighted by atomic mass is 9.85. The molecule has 2 N–H and O–H groups in total. The van der Waals surface area contributed by atoms with Crippen LogP contribution < -0.4 is 5.73 Å². The first-order valence-corrected chi connectivity index (χ1v) is 6.23. The van der Waals surface area contributed by atoms with Crippen LogP contribution in [0.2, 0.25) is 0 Å². The molecule has 1 aliphatic rings. The molecule has 1 atom stereocenters. The van der Waals surface area contributed by atoms with E-state index in [9.17, 15) is 0 Å². The third-order valence-electron chi connectivity index (χ3n) is 3.17. The molecule has 1 unspecified atom stereocenters. The van der Waals surface area contributed by atoms with E-state index < -0.39 is 0 Å². The van der Waals surface area contributed by atoms with Crippen molar-refractivity contribution in [2.24, 2.45) is 11.7 Å². The molecule has 0 saturated heterocycles. The van der Waals surface area contributed by atoms with Crippen LogP contribution in [-0.4, -0.2) is 16.2 Å². The van der Waals surface area contributed by atoms with Crippen LogP contribution in [0.4, 0.5) is 0 Å². The first kappa shape index (κ1) is 11.6. The van der Waals surface area contributed by atoms with Gasteiger partial charge in [0.25, 0.3) is 0 Å². The van der Waals surface area contributed by atoms with Gasteiger partial charge in [-0.1, -0.05) is 25.4 Å². The highest BCUT2D eigenvalue weighted by molar-refractivity contribution is 5.00. The largest absolute Gasteiger partial charge is 0.339 e. The Balaban J connectivity index is 1.86. The second-order valence-electron chi connectivity index (χ2n) is 5.27. The summed E-state index contributed by atoms with van der Waals surface area (Å²) in [4.78, 5) is 4.42. The lowest BCUT2D eigenvalue weighted by Gasteiger charge is -2.20. The Labute approximate surface area is 96.6 Å². The van der Waals surface area contributed by atoms with Crippen molar-refractivity contribution in [3.8, 4) is 0 Å². The van der Waals surface area contributed by atoms with Crippen molar-refractivity contribution in [3.63, 3.8) is 0 Å². The number of aromatic nitrogens is 2. The van der Waals surface area contributed by atoms with Crippen LogP contribution in [0.25, 0.3) is 0 Å². The maximum atomic E-state index is 6.01. The Hall–Kier alpha value is -0.900. The van der Waals surface area contributed by atoms with E-state index in [-0.39, 0.29) is 6.04 Å². The van der Waals surface area contributed by atoms with Gasteiger partial charge in [0.1, 0.15) is 0 Å². The Morgan fingerprint density at radius 2 is 2.19 bits per heavy atom.